The van der Waals surface area contributed by atoms with Gasteiger partial charge in [-0.25, -0.2) is 4.98 Å². The number of piperidine rings is 1. The van der Waals surface area contributed by atoms with Crippen LogP contribution in [0, 0.1) is 6.92 Å². The van der Waals surface area contributed by atoms with Gasteiger partial charge in [-0.3, -0.25) is 4.79 Å². The molecular formula is C22H23N3O5. The summed E-state index contributed by atoms with van der Waals surface area (Å²) >= 11 is 0. The number of carbonyl (C=O) groups excluding carboxylic acids is 1. The molecule has 2 N–H and O–H groups in total. The van der Waals surface area contributed by atoms with Crippen molar-refractivity contribution < 1.29 is 24.2 Å². The number of aromatic hydroxyl groups is 1. The molecule has 1 amide bonds. The summed E-state index contributed by atoms with van der Waals surface area (Å²) in [6.07, 6.45) is 1.74. The quantitative estimate of drug-likeness (QED) is 0.681. The number of aliphatic hydroxyl groups excluding tert-OH is 1. The molecule has 2 aromatic heterocycles. The number of likely N-dealkylation sites (tertiary alicyclic amines) is 1. The number of β-amino-alcohol motifs (C(OH)–C–C–N with tert-alkyl or cyclic N) is 1. The highest BCUT2D eigenvalue weighted by Gasteiger charge is 2.30. The molecule has 8 heteroatoms. The van der Waals surface area contributed by atoms with E-state index in [9.17, 15) is 15.0 Å². The molecule has 5 rings (SSSR count). The molecule has 1 unspecified atom stereocenters. The largest absolute Gasteiger partial charge is 0.507 e. The van der Waals surface area contributed by atoms with Crippen molar-refractivity contribution in [2.24, 2.45) is 0 Å². The standard InChI is InChI=1S/C22H23N3O5/c1-12-10-17-14(6-9-29-17)20(28)19(12)15-3-4-16-21(23-15)24-22(30-16)13-2-5-18(27)25(11-13)7-8-26/h3-4,10,13,26,28H,2,5-9,11H2,1H3. The van der Waals surface area contributed by atoms with Gasteiger partial charge in [0.25, 0.3) is 0 Å². The highest BCUT2D eigenvalue weighted by molar-refractivity contribution is 5.80. The average molecular weight is 409 g/mol. The third-order valence-electron chi connectivity index (χ3n) is 5.92. The molecule has 2 aliphatic heterocycles. The van der Waals surface area contributed by atoms with Crippen LogP contribution < -0.4 is 4.74 Å². The highest BCUT2D eigenvalue weighted by atomic mass is 16.5. The van der Waals surface area contributed by atoms with Crippen molar-refractivity contribution in [3.63, 3.8) is 0 Å². The molecule has 0 aliphatic carbocycles. The second-order valence-electron chi connectivity index (χ2n) is 7.86. The third kappa shape index (κ3) is 3.08. The molecule has 0 radical (unpaired) electrons. The number of rotatable bonds is 4. The number of nitrogens with zero attached hydrogens (tertiary/aromatic N) is 3. The number of pyridine rings is 1. The average Bonchev–Trinajstić information content (AvgIpc) is 3.36. The second kappa shape index (κ2) is 7.28. The van der Waals surface area contributed by atoms with Crippen LogP contribution in [0.5, 0.6) is 11.5 Å². The summed E-state index contributed by atoms with van der Waals surface area (Å²) < 4.78 is 11.5. The van der Waals surface area contributed by atoms with Crippen LogP contribution >= 0.6 is 0 Å². The van der Waals surface area contributed by atoms with Gasteiger partial charge in [-0.1, -0.05) is 0 Å². The fraction of sp³-hybridized carbons (Fsp3) is 0.409. The van der Waals surface area contributed by atoms with Crippen molar-refractivity contribution in [3.05, 3.63) is 35.2 Å². The Morgan fingerprint density at radius 2 is 2.13 bits per heavy atom. The van der Waals surface area contributed by atoms with Gasteiger partial charge in [-0.15, -0.1) is 0 Å². The lowest BCUT2D eigenvalue weighted by atomic mass is 9.97. The van der Waals surface area contributed by atoms with Gasteiger partial charge >= 0.3 is 0 Å². The number of hydrogen-bond donors (Lipinski definition) is 2. The van der Waals surface area contributed by atoms with Crippen LogP contribution in [0.25, 0.3) is 22.5 Å². The van der Waals surface area contributed by atoms with E-state index >= 15 is 0 Å². The SMILES string of the molecule is Cc1cc2c(c(O)c1-c1ccc3oc(C4CCC(=O)N(CCO)C4)nc3n1)CCO2. The number of aryl methyl sites for hydroxylation is 1. The molecule has 0 spiro atoms. The summed E-state index contributed by atoms with van der Waals surface area (Å²) in [7, 11) is 0. The number of aliphatic hydroxyl groups is 1. The molecule has 0 bridgehead atoms. The number of fused-ring (bicyclic) bond motifs is 2. The minimum absolute atomic E-state index is 0.0285. The predicted molar refractivity (Wildman–Crippen MR) is 108 cm³/mol. The van der Waals surface area contributed by atoms with Crippen LogP contribution in [0.1, 0.15) is 35.8 Å². The summed E-state index contributed by atoms with van der Waals surface area (Å²) in [5, 5.41) is 20.0. The number of oxazole rings is 1. The smallest absolute Gasteiger partial charge is 0.222 e. The van der Waals surface area contributed by atoms with E-state index in [1.807, 2.05) is 25.1 Å². The maximum absolute atomic E-state index is 12.0. The van der Waals surface area contributed by atoms with Crippen molar-refractivity contribution >= 4 is 17.1 Å². The van der Waals surface area contributed by atoms with Crippen LogP contribution in [-0.2, 0) is 11.2 Å². The Kier molecular flexibility index (Phi) is 4.58. The van der Waals surface area contributed by atoms with E-state index in [0.717, 1.165) is 16.9 Å². The Morgan fingerprint density at radius 1 is 1.27 bits per heavy atom. The van der Waals surface area contributed by atoms with E-state index < -0.39 is 0 Å². The van der Waals surface area contributed by atoms with Gasteiger partial charge in [-0.2, -0.15) is 4.98 Å². The monoisotopic (exact) mass is 409 g/mol. The summed E-state index contributed by atoms with van der Waals surface area (Å²) in [6.45, 7) is 3.22. The van der Waals surface area contributed by atoms with Gasteiger partial charge in [0.05, 0.1) is 24.8 Å². The van der Waals surface area contributed by atoms with E-state index in [1.54, 1.807) is 4.90 Å². The number of phenols is 1. The number of hydrogen-bond acceptors (Lipinski definition) is 7. The maximum atomic E-state index is 12.0. The Hall–Kier alpha value is -3.13. The summed E-state index contributed by atoms with van der Waals surface area (Å²) in [4.78, 5) is 22.9. The maximum Gasteiger partial charge on any atom is 0.222 e. The van der Waals surface area contributed by atoms with E-state index in [1.165, 1.54) is 0 Å². The van der Waals surface area contributed by atoms with Crippen LogP contribution in [0.2, 0.25) is 0 Å². The van der Waals surface area contributed by atoms with Crippen molar-refractivity contribution in [2.75, 3.05) is 26.3 Å². The zero-order valence-corrected chi connectivity index (χ0v) is 16.7. The minimum atomic E-state index is -0.0639. The molecule has 30 heavy (non-hydrogen) atoms. The first kappa shape index (κ1) is 18.9. The molecule has 0 saturated carbocycles. The molecule has 3 aromatic rings. The van der Waals surface area contributed by atoms with Crippen molar-refractivity contribution in [3.8, 4) is 22.8 Å². The van der Waals surface area contributed by atoms with Crippen LogP contribution in [0.4, 0.5) is 0 Å². The van der Waals surface area contributed by atoms with Crippen LogP contribution in [0.3, 0.4) is 0 Å². The van der Waals surface area contributed by atoms with Gasteiger partial charge in [0.15, 0.2) is 11.2 Å². The Bertz CT molecular complexity index is 1140. The minimum Gasteiger partial charge on any atom is -0.507 e. The lowest BCUT2D eigenvalue weighted by Crippen LogP contribution is -2.40. The zero-order chi connectivity index (χ0) is 20.8. The molecule has 2 aliphatic rings. The van der Waals surface area contributed by atoms with Crippen molar-refractivity contribution in [1.29, 1.82) is 0 Å². The van der Waals surface area contributed by atoms with Crippen molar-refractivity contribution in [1.82, 2.24) is 14.9 Å². The van der Waals surface area contributed by atoms with E-state index in [-0.39, 0.29) is 24.2 Å². The number of amides is 1. The van der Waals surface area contributed by atoms with Gasteiger partial charge < -0.3 is 24.3 Å². The predicted octanol–water partition coefficient (Wildman–Crippen LogP) is 2.54. The van der Waals surface area contributed by atoms with E-state index in [2.05, 4.69) is 9.97 Å². The summed E-state index contributed by atoms with van der Waals surface area (Å²) in [6, 6.07) is 5.58. The lowest BCUT2D eigenvalue weighted by molar-refractivity contribution is -0.134. The number of phenolic OH excluding ortho intramolecular Hbond substituents is 1. The lowest BCUT2D eigenvalue weighted by Gasteiger charge is -2.30. The number of aromatic nitrogens is 2. The van der Waals surface area contributed by atoms with Gasteiger partial charge in [0.2, 0.25) is 11.8 Å². The topological polar surface area (TPSA) is 109 Å². The van der Waals surface area contributed by atoms with Crippen molar-refractivity contribution in [2.45, 2.75) is 32.1 Å². The molecular weight excluding hydrogens is 386 g/mol. The van der Waals surface area contributed by atoms with E-state index in [4.69, 9.17) is 9.15 Å². The number of carbonyl (C=O) groups is 1. The first-order valence-corrected chi connectivity index (χ1v) is 10.2. The Morgan fingerprint density at radius 3 is 2.97 bits per heavy atom. The fourth-order valence-electron chi connectivity index (χ4n) is 4.37. The van der Waals surface area contributed by atoms with Gasteiger partial charge in [0, 0.05) is 37.1 Å². The van der Waals surface area contributed by atoms with Gasteiger partial charge in [0.1, 0.15) is 11.5 Å². The first-order chi connectivity index (χ1) is 14.5. The van der Waals surface area contributed by atoms with Crippen LogP contribution in [-0.4, -0.2) is 57.3 Å². The van der Waals surface area contributed by atoms with Gasteiger partial charge in [-0.05, 0) is 37.1 Å². The second-order valence-corrected chi connectivity index (χ2v) is 7.86. The van der Waals surface area contributed by atoms with Crippen LogP contribution in [0.15, 0.2) is 22.6 Å². The highest BCUT2D eigenvalue weighted by Crippen LogP contribution is 2.42. The molecule has 8 nitrogen and oxygen atoms in total. The Balaban J connectivity index is 1.49. The molecule has 156 valence electrons. The fourth-order valence-corrected chi connectivity index (χ4v) is 4.37. The number of ether oxygens (including phenoxy) is 1. The molecule has 1 fully saturated rings. The normalized spacial score (nSPS) is 18.7. The molecule has 1 saturated heterocycles. The van der Waals surface area contributed by atoms with E-state index in [0.29, 0.717) is 67.3 Å². The first-order valence-electron chi connectivity index (χ1n) is 10.2. The molecule has 1 aromatic carbocycles. The Labute approximate surface area is 173 Å². The summed E-state index contributed by atoms with van der Waals surface area (Å²) in [5.41, 5.74) is 4.06. The molecule has 4 heterocycles. The summed E-state index contributed by atoms with van der Waals surface area (Å²) in [5.74, 6) is 1.51. The zero-order valence-electron chi connectivity index (χ0n) is 16.7. The molecule has 1 atom stereocenters. The third-order valence-corrected chi connectivity index (χ3v) is 5.92. The number of benzene rings is 1.